The molecule has 8 nitrogen and oxygen atoms in total. The van der Waals surface area contributed by atoms with Crippen molar-refractivity contribution in [3.63, 3.8) is 0 Å². The van der Waals surface area contributed by atoms with Gasteiger partial charge in [-0.25, -0.2) is 4.98 Å². The van der Waals surface area contributed by atoms with Gasteiger partial charge in [0.2, 0.25) is 5.91 Å². The Bertz CT molecular complexity index is 972. The van der Waals surface area contributed by atoms with E-state index in [0.717, 1.165) is 19.3 Å². The zero-order chi connectivity index (χ0) is 20.4. The first-order chi connectivity index (χ1) is 14.1. The van der Waals surface area contributed by atoms with Gasteiger partial charge in [0.25, 0.3) is 11.5 Å². The van der Waals surface area contributed by atoms with E-state index in [1.165, 1.54) is 0 Å². The van der Waals surface area contributed by atoms with Crippen LogP contribution >= 0.6 is 0 Å². The number of nitrogens with zero attached hydrogens (tertiary/aromatic N) is 4. The lowest BCUT2D eigenvalue weighted by molar-refractivity contribution is -0.132. The summed E-state index contributed by atoms with van der Waals surface area (Å²) in [7, 11) is 0. The van der Waals surface area contributed by atoms with E-state index in [1.54, 1.807) is 29.4 Å². The van der Waals surface area contributed by atoms with Gasteiger partial charge >= 0.3 is 0 Å². The van der Waals surface area contributed by atoms with Crippen LogP contribution in [0.1, 0.15) is 66.1 Å². The first kappa shape index (κ1) is 19.3. The molecule has 4 rings (SSSR count). The van der Waals surface area contributed by atoms with Crippen LogP contribution in [-0.4, -0.2) is 49.7 Å². The zero-order valence-electron chi connectivity index (χ0n) is 16.6. The number of aromatic amines is 1. The lowest BCUT2D eigenvalue weighted by Gasteiger charge is -2.29. The molecule has 1 atom stereocenters. The topological polar surface area (TPSA) is 99.3 Å². The van der Waals surface area contributed by atoms with Crippen LogP contribution in [0.5, 0.6) is 0 Å². The molecule has 8 heteroatoms. The Morgan fingerprint density at radius 1 is 1.24 bits per heavy atom. The van der Waals surface area contributed by atoms with Crippen molar-refractivity contribution < 1.29 is 9.59 Å². The highest BCUT2D eigenvalue weighted by Crippen LogP contribution is 2.31. The smallest absolute Gasteiger partial charge is 0.254 e. The van der Waals surface area contributed by atoms with Gasteiger partial charge in [-0.1, -0.05) is 6.92 Å². The van der Waals surface area contributed by atoms with Crippen molar-refractivity contribution in [2.45, 2.75) is 51.6 Å². The summed E-state index contributed by atoms with van der Waals surface area (Å²) in [5.41, 5.74) is 1.68. The Hall–Kier alpha value is -3.03. The molecule has 0 saturated carbocycles. The fourth-order valence-electron chi connectivity index (χ4n) is 4.17. The summed E-state index contributed by atoms with van der Waals surface area (Å²) in [6.07, 6.45) is 6.63. The third-order valence-corrected chi connectivity index (χ3v) is 5.66. The quantitative estimate of drug-likeness (QED) is 0.851. The molecule has 1 saturated heterocycles. The summed E-state index contributed by atoms with van der Waals surface area (Å²) in [5, 5.41) is 0. The highest BCUT2D eigenvalue weighted by molar-refractivity contribution is 5.94. The molecule has 2 aromatic rings. The minimum absolute atomic E-state index is 0.0951. The Labute approximate surface area is 169 Å². The second kappa shape index (κ2) is 8.14. The second-order valence-electron chi connectivity index (χ2n) is 7.58. The van der Waals surface area contributed by atoms with Crippen LogP contribution in [0.15, 0.2) is 29.3 Å². The third kappa shape index (κ3) is 3.79. The number of rotatable bonds is 4. The molecule has 4 heterocycles. The van der Waals surface area contributed by atoms with Crippen molar-refractivity contribution >= 4 is 11.8 Å². The zero-order valence-corrected chi connectivity index (χ0v) is 16.6. The molecule has 0 aliphatic carbocycles. The van der Waals surface area contributed by atoms with Crippen LogP contribution in [-0.2, 0) is 17.8 Å². The van der Waals surface area contributed by atoms with Crippen LogP contribution in [0.25, 0.3) is 0 Å². The predicted octanol–water partition coefficient (Wildman–Crippen LogP) is 1.83. The predicted molar refractivity (Wildman–Crippen MR) is 106 cm³/mol. The Kier molecular flexibility index (Phi) is 5.42. The average Bonchev–Trinajstić information content (AvgIpc) is 3.24. The van der Waals surface area contributed by atoms with Gasteiger partial charge in [-0.2, -0.15) is 0 Å². The Morgan fingerprint density at radius 2 is 2.03 bits per heavy atom. The summed E-state index contributed by atoms with van der Waals surface area (Å²) in [5.74, 6) is 0.543. The van der Waals surface area contributed by atoms with Gasteiger partial charge in [-0.3, -0.25) is 19.4 Å². The number of likely N-dealkylation sites (tertiary alicyclic amines) is 1. The number of pyridine rings is 1. The molecular weight excluding hydrogens is 370 g/mol. The van der Waals surface area contributed by atoms with E-state index in [-0.39, 0.29) is 23.4 Å². The number of amides is 2. The third-order valence-electron chi connectivity index (χ3n) is 5.66. The first-order valence-electron chi connectivity index (χ1n) is 10.2. The first-order valence-corrected chi connectivity index (χ1v) is 10.2. The molecule has 2 aliphatic rings. The fraction of sp³-hybridized carbons (Fsp3) is 0.476. The van der Waals surface area contributed by atoms with Gasteiger partial charge in [0.1, 0.15) is 5.82 Å². The van der Waals surface area contributed by atoms with Gasteiger partial charge in [0.15, 0.2) is 0 Å². The van der Waals surface area contributed by atoms with Crippen molar-refractivity contribution in [3.05, 3.63) is 57.5 Å². The standard InChI is InChI=1S/C21H25N5O3/c1-2-4-18(27)26-11-3-5-17(26)19-23-16-13-25(12-8-15(16)20(28)24-19)21(29)14-6-9-22-10-7-14/h6-7,9-10,17H,2-5,8,11-13H2,1H3,(H,23,24,28)/t17-/m0/s1. The minimum Gasteiger partial charge on any atom is -0.333 e. The number of hydrogen-bond acceptors (Lipinski definition) is 5. The molecule has 2 amide bonds. The summed E-state index contributed by atoms with van der Waals surface area (Å²) >= 11 is 0. The number of nitrogens with one attached hydrogen (secondary N) is 1. The van der Waals surface area contributed by atoms with Crippen LogP contribution in [0.4, 0.5) is 0 Å². The molecule has 2 aromatic heterocycles. The van der Waals surface area contributed by atoms with E-state index >= 15 is 0 Å². The molecule has 1 fully saturated rings. The lowest BCUT2D eigenvalue weighted by atomic mass is 10.0. The Morgan fingerprint density at radius 3 is 2.79 bits per heavy atom. The normalized spacial score (nSPS) is 18.6. The van der Waals surface area contributed by atoms with E-state index in [1.807, 2.05) is 11.8 Å². The number of hydrogen-bond donors (Lipinski definition) is 1. The molecule has 0 bridgehead atoms. The SMILES string of the molecule is CCCC(=O)N1CCC[C@H]1c1nc2c(c(=O)[nH]1)CCN(C(=O)c1ccncc1)C2. The molecule has 29 heavy (non-hydrogen) atoms. The van der Waals surface area contributed by atoms with Crippen molar-refractivity contribution in [1.29, 1.82) is 0 Å². The highest BCUT2D eigenvalue weighted by Gasteiger charge is 2.33. The largest absolute Gasteiger partial charge is 0.333 e. The van der Waals surface area contributed by atoms with Crippen LogP contribution in [0.2, 0.25) is 0 Å². The average molecular weight is 395 g/mol. The maximum Gasteiger partial charge on any atom is 0.254 e. The molecule has 2 aliphatic heterocycles. The number of carbonyl (C=O) groups is 2. The minimum atomic E-state index is -0.196. The van der Waals surface area contributed by atoms with E-state index in [2.05, 4.69) is 9.97 Å². The summed E-state index contributed by atoms with van der Waals surface area (Å²) < 4.78 is 0. The van der Waals surface area contributed by atoms with Crippen LogP contribution in [0.3, 0.4) is 0 Å². The monoisotopic (exact) mass is 395 g/mol. The van der Waals surface area contributed by atoms with E-state index in [0.29, 0.717) is 55.1 Å². The number of H-pyrrole nitrogens is 1. The summed E-state index contributed by atoms with van der Waals surface area (Å²) in [6.45, 7) is 3.44. The van der Waals surface area contributed by atoms with E-state index in [9.17, 15) is 14.4 Å². The van der Waals surface area contributed by atoms with Gasteiger partial charge < -0.3 is 14.8 Å². The molecule has 152 valence electrons. The van der Waals surface area contributed by atoms with Crippen LogP contribution < -0.4 is 5.56 Å². The van der Waals surface area contributed by atoms with Crippen molar-refractivity contribution in [3.8, 4) is 0 Å². The summed E-state index contributed by atoms with van der Waals surface area (Å²) in [6, 6.07) is 3.17. The van der Waals surface area contributed by atoms with Crippen LogP contribution in [0, 0.1) is 0 Å². The van der Waals surface area contributed by atoms with Crippen molar-refractivity contribution in [2.75, 3.05) is 13.1 Å². The van der Waals surface area contributed by atoms with Gasteiger partial charge in [0.05, 0.1) is 18.3 Å². The Balaban J connectivity index is 1.60. The lowest BCUT2D eigenvalue weighted by Crippen LogP contribution is -2.40. The van der Waals surface area contributed by atoms with Gasteiger partial charge in [-0.05, 0) is 37.8 Å². The number of carbonyl (C=O) groups excluding carboxylic acids is 2. The maximum absolute atomic E-state index is 12.8. The molecule has 0 aromatic carbocycles. The van der Waals surface area contributed by atoms with Gasteiger partial charge in [0, 0.05) is 43.0 Å². The fourth-order valence-corrected chi connectivity index (χ4v) is 4.17. The maximum atomic E-state index is 12.8. The molecule has 1 N–H and O–H groups in total. The molecular formula is C21H25N5O3. The highest BCUT2D eigenvalue weighted by atomic mass is 16.2. The second-order valence-corrected chi connectivity index (χ2v) is 7.58. The molecule has 0 unspecified atom stereocenters. The number of aromatic nitrogens is 3. The van der Waals surface area contributed by atoms with E-state index in [4.69, 9.17) is 4.98 Å². The van der Waals surface area contributed by atoms with E-state index < -0.39 is 0 Å². The van der Waals surface area contributed by atoms with Crippen molar-refractivity contribution in [1.82, 2.24) is 24.8 Å². The summed E-state index contributed by atoms with van der Waals surface area (Å²) in [4.78, 5) is 53.0. The number of fused-ring (bicyclic) bond motifs is 1. The molecule has 0 radical (unpaired) electrons. The molecule has 0 spiro atoms. The van der Waals surface area contributed by atoms with Gasteiger partial charge in [-0.15, -0.1) is 0 Å². The van der Waals surface area contributed by atoms with Crippen molar-refractivity contribution in [2.24, 2.45) is 0 Å².